The summed E-state index contributed by atoms with van der Waals surface area (Å²) in [6.45, 7) is 6.46. The third-order valence-electron chi connectivity index (χ3n) is 3.73. The molecule has 2 aliphatic rings. The first-order chi connectivity index (χ1) is 8.70. The van der Waals surface area contributed by atoms with Crippen LogP contribution in [0.1, 0.15) is 5.76 Å². The third-order valence-corrected chi connectivity index (χ3v) is 3.73. The van der Waals surface area contributed by atoms with Gasteiger partial charge in [0.15, 0.2) is 5.82 Å². The van der Waals surface area contributed by atoms with Crippen molar-refractivity contribution >= 4 is 24.1 Å². The summed E-state index contributed by atoms with van der Waals surface area (Å²) >= 11 is 0. The monoisotopic (exact) mass is 286 g/mol. The van der Waals surface area contributed by atoms with Crippen LogP contribution in [0, 0.1) is 18.8 Å². The number of rotatable bonds is 3. The van der Waals surface area contributed by atoms with E-state index >= 15 is 0 Å². The van der Waals surface area contributed by atoms with Crippen molar-refractivity contribution in [3.05, 3.63) is 11.8 Å². The van der Waals surface area contributed by atoms with Gasteiger partial charge in [-0.2, -0.15) is 0 Å². The summed E-state index contributed by atoms with van der Waals surface area (Å²) in [5.74, 6) is 2.61. The van der Waals surface area contributed by atoms with Crippen molar-refractivity contribution < 1.29 is 9.32 Å². The second kappa shape index (κ2) is 5.90. The molecule has 2 N–H and O–H groups in total. The molecule has 19 heavy (non-hydrogen) atoms. The van der Waals surface area contributed by atoms with E-state index in [4.69, 9.17) is 4.52 Å². The van der Waals surface area contributed by atoms with Gasteiger partial charge in [-0.05, 0) is 31.8 Å². The number of halogens is 1. The van der Waals surface area contributed by atoms with E-state index in [1.54, 1.807) is 13.0 Å². The molecule has 1 amide bonds. The van der Waals surface area contributed by atoms with E-state index in [-0.39, 0.29) is 18.3 Å². The number of amides is 1. The Morgan fingerprint density at radius 3 is 2.79 bits per heavy atom. The molecule has 0 radical (unpaired) electrons. The van der Waals surface area contributed by atoms with E-state index in [0.717, 1.165) is 26.2 Å². The normalized spacial score (nSPS) is 25.9. The largest absolute Gasteiger partial charge is 0.360 e. The van der Waals surface area contributed by atoms with E-state index in [2.05, 4.69) is 20.7 Å². The van der Waals surface area contributed by atoms with Gasteiger partial charge in [0.05, 0.1) is 6.54 Å². The predicted octanol–water partition coefficient (Wildman–Crippen LogP) is 0.495. The maximum absolute atomic E-state index is 11.8. The van der Waals surface area contributed by atoms with Gasteiger partial charge in [-0.25, -0.2) is 0 Å². The molecule has 1 aromatic heterocycles. The lowest BCUT2D eigenvalue weighted by Crippen LogP contribution is -2.33. The molecule has 2 atom stereocenters. The van der Waals surface area contributed by atoms with Crippen LogP contribution in [-0.4, -0.2) is 48.7 Å². The molecule has 3 heterocycles. The number of anilines is 1. The second-order valence-electron chi connectivity index (χ2n) is 5.24. The zero-order valence-corrected chi connectivity index (χ0v) is 11.7. The van der Waals surface area contributed by atoms with Crippen LogP contribution in [0.5, 0.6) is 0 Å². The van der Waals surface area contributed by atoms with E-state index in [1.165, 1.54) is 0 Å². The average Bonchev–Trinajstić information content (AvgIpc) is 2.94. The predicted molar refractivity (Wildman–Crippen MR) is 73.4 cm³/mol. The number of hydrogen-bond donors (Lipinski definition) is 2. The van der Waals surface area contributed by atoms with Crippen LogP contribution < -0.4 is 10.6 Å². The first kappa shape index (κ1) is 14.3. The molecule has 0 aromatic carbocycles. The molecule has 7 heteroatoms. The molecular formula is C12H19ClN4O2. The molecule has 2 saturated heterocycles. The van der Waals surface area contributed by atoms with Gasteiger partial charge in [0.1, 0.15) is 5.76 Å². The lowest BCUT2D eigenvalue weighted by Gasteiger charge is -2.15. The first-order valence-electron chi connectivity index (χ1n) is 6.37. The Morgan fingerprint density at radius 1 is 1.53 bits per heavy atom. The SMILES string of the molecule is Cc1cc(NC(=O)CN2C[C@H]3CNC[C@H]3C2)no1.Cl. The minimum absolute atomic E-state index is 0. The van der Waals surface area contributed by atoms with E-state index in [1.807, 2.05) is 0 Å². The molecule has 0 unspecified atom stereocenters. The van der Waals surface area contributed by atoms with Gasteiger partial charge in [0, 0.05) is 19.2 Å². The fourth-order valence-electron chi connectivity index (χ4n) is 2.89. The maximum atomic E-state index is 11.8. The Bertz CT molecular complexity index is 439. The van der Waals surface area contributed by atoms with Crippen molar-refractivity contribution in [2.24, 2.45) is 11.8 Å². The molecule has 0 bridgehead atoms. The number of fused-ring (bicyclic) bond motifs is 1. The van der Waals surface area contributed by atoms with Gasteiger partial charge in [-0.3, -0.25) is 9.69 Å². The summed E-state index contributed by atoms with van der Waals surface area (Å²) < 4.78 is 4.91. The van der Waals surface area contributed by atoms with Crippen LogP contribution in [0.25, 0.3) is 0 Å². The summed E-state index contributed by atoms with van der Waals surface area (Å²) in [4.78, 5) is 14.1. The highest BCUT2D eigenvalue weighted by Crippen LogP contribution is 2.25. The van der Waals surface area contributed by atoms with E-state index in [0.29, 0.717) is 30.0 Å². The highest BCUT2D eigenvalue weighted by molar-refractivity contribution is 5.91. The zero-order valence-electron chi connectivity index (χ0n) is 10.9. The van der Waals surface area contributed by atoms with Gasteiger partial charge in [0.2, 0.25) is 5.91 Å². The highest BCUT2D eigenvalue weighted by Gasteiger charge is 2.36. The van der Waals surface area contributed by atoms with Gasteiger partial charge in [-0.15, -0.1) is 12.4 Å². The van der Waals surface area contributed by atoms with E-state index in [9.17, 15) is 4.79 Å². The number of carbonyl (C=O) groups is 1. The Morgan fingerprint density at radius 2 is 2.21 bits per heavy atom. The molecule has 0 aliphatic carbocycles. The van der Waals surface area contributed by atoms with E-state index < -0.39 is 0 Å². The average molecular weight is 287 g/mol. The van der Waals surface area contributed by atoms with Crippen LogP contribution in [-0.2, 0) is 4.79 Å². The zero-order chi connectivity index (χ0) is 12.5. The van der Waals surface area contributed by atoms with Crippen LogP contribution >= 0.6 is 12.4 Å². The van der Waals surface area contributed by atoms with Gasteiger partial charge >= 0.3 is 0 Å². The van der Waals surface area contributed by atoms with Crippen molar-refractivity contribution in [1.82, 2.24) is 15.4 Å². The maximum Gasteiger partial charge on any atom is 0.239 e. The van der Waals surface area contributed by atoms with Gasteiger partial charge in [-0.1, -0.05) is 5.16 Å². The third kappa shape index (κ3) is 3.26. The second-order valence-corrected chi connectivity index (χ2v) is 5.24. The number of likely N-dealkylation sites (tertiary alicyclic amines) is 1. The lowest BCUT2D eigenvalue weighted by atomic mass is 10.0. The van der Waals surface area contributed by atoms with Crippen LogP contribution in [0.15, 0.2) is 10.6 Å². The molecule has 3 rings (SSSR count). The molecule has 2 fully saturated rings. The minimum Gasteiger partial charge on any atom is -0.360 e. The quantitative estimate of drug-likeness (QED) is 0.846. The fourth-order valence-corrected chi connectivity index (χ4v) is 2.89. The summed E-state index contributed by atoms with van der Waals surface area (Å²) in [5, 5.41) is 9.90. The topological polar surface area (TPSA) is 70.4 Å². The number of aromatic nitrogens is 1. The molecule has 106 valence electrons. The summed E-state index contributed by atoms with van der Waals surface area (Å²) in [6.07, 6.45) is 0. The lowest BCUT2D eigenvalue weighted by molar-refractivity contribution is -0.117. The number of hydrogen-bond acceptors (Lipinski definition) is 5. The Hall–Kier alpha value is -1.11. The molecule has 1 aromatic rings. The number of aryl methyl sites for hydroxylation is 1. The number of carbonyl (C=O) groups excluding carboxylic acids is 1. The Labute approximate surface area is 118 Å². The van der Waals surface area contributed by atoms with Crippen molar-refractivity contribution in [1.29, 1.82) is 0 Å². The smallest absolute Gasteiger partial charge is 0.239 e. The summed E-state index contributed by atoms with van der Waals surface area (Å²) in [5.41, 5.74) is 0. The molecule has 2 aliphatic heterocycles. The van der Waals surface area contributed by atoms with Crippen molar-refractivity contribution in [2.75, 3.05) is 38.0 Å². The summed E-state index contributed by atoms with van der Waals surface area (Å²) in [6, 6.07) is 1.72. The highest BCUT2D eigenvalue weighted by atomic mass is 35.5. The fraction of sp³-hybridized carbons (Fsp3) is 0.667. The molecule has 0 spiro atoms. The van der Waals surface area contributed by atoms with Crippen molar-refractivity contribution in [2.45, 2.75) is 6.92 Å². The molecule has 0 saturated carbocycles. The summed E-state index contributed by atoms with van der Waals surface area (Å²) in [7, 11) is 0. The number of nitrogens with one attached hydrogen (secondary N) is 2. The van der Waals surface area contributed by atoms with Crippen LogP contribution in [0.3, 0.4) is 0 Å². The van der Waals surface area contributed by atoms with Crippen molar-refractivity contribution in [3.8, 4) is 0 Å². The standard InChI is InChI=1S/C12H18N4O2.ClH/c1-8-2-11(15-18-8)14-12(17)7-16-5-9-3-13-4-10(9)6-16;/h2,9-10,13H,3-7H2,1H3,(H,14,15,17);1H/t9-,10+;. The van der Waals surface area contributed by atoms with Crippen LogP contribution in [0.2, 0.25) is 0 Å². The van der Waals surface area contributed by atoms with Gasteiger partial charge < -0.3 is 15.2 Å². The Balaban J connectivity index is 0.00000133. The van der Waals surface area contributed by atoms with Crippen LogP contribution in [0.4, 0.5) is 5.82 Å². The molecular weight excluding hydrogens is 268 g/mol. The van der Waals surface area contributed by atoms with Crippen molar-refractivity contribution in [3.63, 3.8) is 0 Å². The Kier molecular flexibility index (Phi) is 4.44. The first-order valence-corrected chi connectivity index (χ1v) is 6.37. The molecule has 6 nitrogen and oxygen atoms in total. The van der Waals surface area contributed by atoms with Gasteiger partial charge in [0.25, 0.3) is 0 Å². The minimum atomic E-state index is -0.0174. The number of nitrogens with zero attached hydrogens (tertiary/aromatic N) is 2.